The maximum Gasteiger partial charge on any atom is -0.0192 e. The van der Waals surface area contributed by atoms with Crippen molar-refractivity contribution in [1.82, 2.24) is 0 Å². The lowest BCUT2D eigenvalue weighted by Crippen LogP contribution is -1.97. The molecule has 0 bridgehead atoms. The van der Waals surface area contributed by atoms with Crippen molar-refractivity contribution in [2.45, 2.75) is 60.3 Å². The summed E-state index contributed by atoms with van der Waals surface area (Å²) in [6, 6.07) is 8.76. The first-order valence-electron chi connectivity index (χ1n) is 7.66. The molecule has 1 aromatic rings. The van der Waals surface area contributed by atoms with Gasteiger partial charge in [-0.2, -0.15) is 0 Å². The van der Waals surface area contributed by atoms with Crippen LogP contribution in [-0.2, 0) is 0 Å². The first-order chi connectivity index (χ1) is 9.19. The summed E-state index contributed by atoms with van der Waals surface area (Å²) < 4.78 is 0. The Morgan fingerprint density at radius 3 is 2.11 bits per heavy atom. The number of hydrogen-bond acceptors (Lipinski definition) is 0. The molecule has 0 aliphatic heterocycles. The zero-order chi connectivity index (χ0) is 14.3. The van der Waals surface area contributed by atoms with Crippen LogP contribution in [0.5, 0.6) is 0 Å². The molecule has 0 aliphatic rings. The van der Waals surface area contributed by atoms with E-state index in [2.05, 4.69) is 65.0 Å². The molecule has 0 saturated heterocycles. The van der Waals surface area contributed by atoms with Gasteiger partial charge in [-0.3, -0.25) is 0 Å². The Hall–Kier alpha value is -1.30. The summed E-state index contributed by atoms with van der Waals surface area (Å²) in [4.78, 5) is 0. The zero-order valence-electron chi connectivity index (χ0n) is 13.2. The van der Waals surface area contributed by atoms with E-state index in [1.807, 2.05) is 0 Å². The third kappa shape index (κ3) is 3.83. The summed E-state index contributed by atoms with van der Waals surface area (Å²) >= 11 is 0. The average Bonchev–Trinajstić information content (AvgIpc) is 2.44. The molecular weight excluding hydrogens is 228 g/mol. The average molecular weight is 256 g/mol. The van der Waals surface area contributed by atoms with Gasteiger partial charge in [-0.15, -0.1) is 0 Å². The molecule has 0 saturated carbocycles. The van der Waals surface area contributed by atoms with E-state index in [9.17, 15) is 0 Å². The first-order valence-corrected chi connectivity index (χ1v) is 7.66. The molecule has 0 amide bonds. The summed E-state index contributed by atoms with van der Waals surface area (Å²) in [5.41, 5.74) is 7.43. The van der Waals surface area contributed by atoms with Crippen molar-refractivity contribution in [1.29, 1.82) is 0 Å². The molecule has 0 unspecified atom stereocenters. The second kappa shape index (κ2) is 7.99. The van der Waals surface area contributed by atoms with Gasteiger partial charge in [-0.05, 0) is 60.5 Å². The van der Waals surface area contributed by atoms with Gasteiger partial charge in [0, 0.05) is 0 Å². The van der Waals surface area contributed by atoms with Gasteiger partial charge in [-0.25, -0.2) is 0 Å². The van der Waals surface area contributed by atoms with Crippen LogP contribution in [0.3, 0.4) is 0 Å². The van der Waals surface area contributed by atoms with E-state index in [0.29, 0.717) is 0 Å². The highest BCUT2D eigenvalue weighted by Crippen LogP contribution is 2.32. The van der Waals surface area contributed by atoms with Gasteiger partial charge in [0.1, 0.15) is 0 Å². The van der Waals surface area contributed by atoms with Crippen molar-refractivity contribution in [2.75, 3.05) is 0 Å². The first kappa shape index (κ1) is 15.8. The number of aryl methyl sites for hydroxylation is 1. The summed E-state index contributed by atoms with van der Waals surface area (Å²) in [7, 11) is 0. The monoisotopic (exact) mass is 256 g/mol. The van der Waals surface area contributed by atoms with Crippen LogP contribution in [0.15, 0.2) is 41.5 Å². The van der Waals surface area contributed by atoms with Gasteiger partial charge < -0.3 is 0 Å². The van der Waals surface area contributed by atoms with Crippen molar-refractivity contribution in [2.24, 2.45) is 0 Å². The number of rotatable bonds is 6. The predicted octanol–water partition coefficient (Wildman–Crippen LogP) is 6.32. The molecule has 0 fully saturated rings. The van der Waals surface area contributed by atoms with Crippen molar-refractivity contribution in [3.63, 3.8) is 0 Å². The maximum absolute atomic E-state index is 2.40. The summed E-state index contributed by atoms with van der Waals surface area (Å²) in [6.45, 7) is 11.3. The van der Waals surface area contributed by atoms with Gasteiger partial charge in [-0.1, -0.05) is 58.0 Å². The molecule has 0 heterocycles. The van der Waals surface area contributed by atoms with Crippen LogP contribution in [0.25, 0.3) is 5.57 Å². The molecule has 0 nitrogen and oxygen atoms in total. The standard InChI is InChI=1S/C19H28/c1-6-12-16(7-2)17(8-3)18(9-4)19-14-11-10-13-15(19)5/h10-14H,6-9H2,1-5H3/b16-12+,18-17+. The molecule has 0 radical (unpaired) electrons. The largest absolute Gasteiger partial charge is 0.0813 e. The van der Waals surface area contributed by atoms with Crippen LogP contribution in [-0.4, -0.2) is 0 Å². The maximum atomic E-state index is 2.40. The van der Waals surface area contributed by atoms with Gasteiger partial charge in [0.25, 0.3) is 0 Å². The fourth-order valence-electron chi connectivity index (χ4n) is 2.84. The van der Waals surface area contributed by atoms with E-state index in [1.165, 1.54) is 22.3 Å². The third-order valence-corrected chi connectivity index (χ3v) is 3.76. The molecule has 1 aromatic carbocycles. The lowest BCUT2D eigenvalue weighted by atomic mass is 9.88. The molecule has 0 heteroatoms. The van der Waals surface area contributed by atoms with Gasteiger partial charge >= 0.3 is 0 Å². The highest BCUT2D eigenvalue weighted by Gasteiger charge is 2.11. The minimum absolute atomic E-state index is 1.11. The van der Waals surface area contributed by atoms with Crippen LogP contribution in [0.4, 0.5) is 0 Å². The summed E-state index contributed by atoms with van der Waals surface area (Å²) in [5, 5.41) is 0. The van der Waals surface area contributed by atoms with Crippen LogP contribution in [0.2, 0.25) is 0 Å². The van der Waals surface area contributed by atoms with Crippen molar-refractivity contribution in [3.05, 3.63) is 52.6 Å². The van der Waals surface area contributed by atoms with Crippen LogP contribution < -0.4 is 0 Å². The Morgan fingerprint density at radius 1 is 0.947 bits per heavy atom. The van der Waals surface area contributed by atoms with E-state index >= 15 is 0 Å². The van der Waals surface area contributed by atoms with Crippen molar-refractivity contribution in [3.8, 4) is 0 Å². The summed E-state index contributed by atoms with van der Waals surface area (Å²) in [5.74, 6) is 0. The number of hydrogen-bond donors (Lipinski definition) is 0. The van der Waals surface area contributed by atoms with Crippen LogP contribution in [0.1, 0.15) is 64.5 Å². The topological polar surface area (TPSA) is 0 Å². The Kier molecular flexibility index (Phi) is 6.62. The molecular formula is C19H28. The van der Waals surface area contributed by atoms with E-state index < -0.39 is 0 Å². The SMILES string of the molecule is CC/C=C(CC)/C(CC)=C(\CC)c1ccccc1C. The van der Waals surface area contributed by atoms with Crippen molar-refractivity contribution < 1.29 is 0 Å². The number of benzene rings is 1. The van der Waals surface area contributed by atoms with E-state index in [1.54, 1.807) is 5.57 Å². The predicted molar refractivity (Wildman–Crippen MR) is 87.3 cm³/mol. The molecule has 1 rings (SSSR count). The van der Waals surface area contributed by atoms with Crippen molar-refractivity contribution >= 4 is 5.57 Å². The van der Waals surface area contributed by atoms with Crippen LogP contribution >= 0.6 is 0 Å². The van der Waals surface area contributed by atoms with E-state index in [-0.39, 0.29) is 0 Å². The molecule has 0 atom stereocenters. The normalized spacial score (nSPS) is 13.4. The zero-order valence-corrected chi connectivity index (χ0v) is 13.2. The molecule has 0 spiro atoms. The molecule has 0 aromatic heterocycles. The smallest absolute Gasteiger partial charge is 0.0192 e. The molecule has 104 valence electrons. The highest BCUT2D eigenvalue weighted by atomic mass is 14.2. The Labute approximate surface area is 119 Å². The molecule has 0 aliphatic carbocycles. The van der Waals surface area contributed by atoms with E-state index in [0.717, 1.165) is 25.7 Å². The lowest BCUT2D eigenvalue weighted by Gasteiger charge is -2.17. The Bertz CT molecular complexity index is 461. The highest BCUT2D eigenvalue weighted by molar-refractivity contribution is 5.74. The van der Waals surface area contributed by atoms with Gasteiger partial charge in [0.05, 0.1) is 0 Å². The minimum Gasteiger partial charge on any atom is -0.0813 e. The van der Waals surface area contributed by atoms with E-state index in [4.69, 9.17) is 0 Å². The third-order valence-electron chi connectivity index (χ3n) is 3.76. The minimum atomic E-state index is 1.11. The molecule has 19 heavy (non-hydrogen) atoms. The summed E-state index contributed by atoms with van der Waals surface area (Å²) in [6.07, 6.45) is 6.88. The van der Waals surface area contributed by atoms with Gasteiger partial charge in [0.2, 0.25) is 0 Å². The number of allylic oxidation sites excluding steroid dienone is 4. The fraction of sp³-hybridized carbons (Fsp3) is 0.474. The second-order valence-electron chi connectivity index (χ2n) is 4.97. The lowest BCUT2D eigenvalue weighted by molar-refractivity contribution is 0.992. The fourth-order valence-corrected chi connectivity index (χ4v) is 2.84. The quantitative estimate of drug-likeness (QED) is 0.523. The molecule has 0 N–H and O–H groups in total. The second-order valence-corrected chi connectivity index (χ2v) is 4.97. The van der Waals surface area contributed by atoms with Gasteiger partial charge in [0.15, 0.2) is 0 Å². The Morgan fingerprint density at radius 2 is 1.63 bits per heavy atom. The van der Waals surface area contributed by atoms with Crippen LogP contribution in [0, 0.1) is 6.92 Å². The Balaban J connectivity index is 3.41.